The first-order valence-electron chi connectivity index (χ1n) is 14.6. The van der Waals surface area contributed by atoms with E-state index in [0.717, 1.165) is 33.3 Å². The molecule has 0 bridgehead atoms. The predicted molar refractivity (Wildman–Crippen MR) is 173 cm³/mol. The molecule has 0 N–H and O–H groups in total. The van der Waals surface area contributed by atoms with Gasteiger partial charge in [0.15, 0.2) is 0 Å². The lowest BCUT2D eigenvalue weighted by Crippen LogP contribution is -2.27. The highest BCUT2D eigenvalue weighted by molar-refractivity contribution is 6.06. The number of benzene rings is 5. The van der Waals surface area contributed by atoms with Crippen LogP contribution in [0.4, 0.5) is 0 Å². The van der Waals surface area contributed by atoms with E-state index < -0.39 is 0 Å². The Labute approximate surface area is 247 Å². The summed E-state index contributed by atoms with van der Waals surface area (Å²) in [6, 6.07) is 43.0. The van der Waals surface area contributed by atoms with E-state index in [4.69, 9.17) is 9.40 Å². The summed E-state index contributed by atoms with van der Waals surface area (Å²) in [5.74, 6) is 0.906. The zero-order valence-electron chi connectivity index (χ0n) is 24.5. The van der Waals surface area contributed by atoms with Crippen molar-refractivity contribution in [3.63, 3.8) is 0 Å². The topological polar surface area (TPSA) is 31.0 Å². The van der Waals surface area contributed by atoms with Gasteiger partial charge in [0.25, 0.3) is 0 Å². The molecule has 0 saturated heterocycles. The van der Waals surface area contributed by atoms with Crippen LogP contribution in [0.5, 0.6) is 0 Å². The van der Waals surface area contributed by atoms with Gasteiger partial charge in [0.1, 0.15) is 17.0 Å². The third kappa shape index (κ3) is 4.16. The summed E-state index contributed by atoms with van der Waals surface area (Å²) < 4.78 is 8.43. The van der Waals surface area contributed by atoms with Gasteiger partial charge in [-0.05, 0) is 46.5 Å². The highest BCUT2D eigenvalue weighted by atomic mass is 16.3. The second-order valence-corrected chi connectivity index (χ2v) is 12.1. The molecule has 0 saturated carbocycles. The molecule has 5 aromatic carbocycles. The minimum atomic E-state index is -0.258. The highest BCUT2D eigenvalue weighted by Gasteiger charge is 2.33. The Morgan fingerprint density at radius 1 is 0.571 bits per heavy atom. The first-order chi connectivity index (χ1) is 20.4. The number of nitrogens with zero attached hydrogens (tertiary/aromatic N) is 2. The third-order valence-electron chi connectivity index (χ3n) is 8.89. The van der Waals surface area contributed by atoms with Crippen LogP contribution in [0.15, 0.2) is 138 Å². The van der Waals surface area contributed by atoms with E-state index in [9.17, 15) is 0 Å². The molecule has 0 unspecified atom stereocenters. The Hall–Kier alpha value is -4.89. The van der Waals surface area contributed by atoms with E-state index in [1.54, 1.807) is 0 Å². The van der Waals surface area contributed by atoms with Gasteiger partial charge in [-0.15, -0.1) is 0 Å². The van der Waals surface area contributed by atoms with Crippen molar-refractivity contribution in [3.05, 3.63) is 156 Å². The zero-order valence-corrected chi connectivity index (χ0v) is 24.5. The largest absolute Gasteiger partial charge is 0.456 e. The van der Waals surface area contributed by atoms with Gasteiger partial charge in [0, 0.05) is 39.6 Å². The number of hydrogen-bond acceptors (Lipinski definition) is 2. The van der Waals surface area contributed by atoms with Crippen LogP contribution in [0.25, 0.3) is 39.0 Å². The normalized spacial score (nSPS) is 12.3. The average Bonchev–Trinajstić information content (AvgIpc) is 3.66. The van der Waals surface area contributed by atoms with Crippen LogP contribution in [-0.4, -0.2) is 9.55 Å². The van der Waals surface area contributed by atoms with Crippen molar-refractivity contribution in [2.45, 2.75) is 38.5 Å². The van der Waals surface area contributed by atoms with Gasteiger partial charge in [-0.2, -0.15) is 0 Å². The van der Waals surface area contributed by atoms with Crippen molar-refractivity contribution in [3.8, 4) is 17.1 Å². The maximum Gasteiger partial charge on any atom is 0.144 e. The molecule has 7 aromatic rings. The smallest absolute Gasteiger partial charge is 0.144 e. The number of para-hydroxylation sites is 2. The van der Waals surface area contributed by atoms with Crippen LogP contribution in [0.1, 0.15) is 49.9 Å². The Morgan fingerprint density at radius 3 is 1.79 bits per heavy atom. The fourth-order valence-electron chi connectivity index (χ4n) is 6.40. The Bertz CT molecular complexity index is 1960. The quantitative estimate of drug-likeness (QED) is 0.208. The molecule has 0 atom stereocenters. The number of furan rings is 1. The van der Waals surface area contributed by atoms with Gasteiger partial charge in [-0.25, -0.2) is 4.98 Å². The number of fused-ring (bicyclic) bond motifs is 3. The standard InChI is InChI=1S/C39H34N2O/c1-38(2,28-14-7-5-8-15-28)32-19-13-20-33(39(3,4)29-16-9-6-10-17-29)36(32)41-25-24-40-37(41)27-22-23-35-31(26-27)30-18-11-12-21-34(30)42-35/h5-26H,1-4H3. The number of rotatable bonds is 6. The molecule has 0 aliphatic carbocycles. The molecule has 3 nitrogen and oxygen atoms in total. The lowest BCUT2D eigenvalue weighted by molar-refractivity contribution is 0.609. The van der Waals surface area contributed by atoms with Crippen molar-refractivity contribution in [1.82, 2.24) is 9.55 Å². The maximum absolute atomic E-state index is 6.14. The predicted octanol–water partition coefficient (Wildman–Crippen LogP) is 10.1. The fraction of sp³-hybridized carbons (Fsp3) is 0.154. The molecule has 0 aliphatic heterocycles. The lowest BCUT2D eigenvalue weighted by Gasteiger charge is -2.35. The van der Waals surface area contributed by atoms with Crippen molar-refractivity contribution >= 4 is 21.9 Å². The first kappa shape index (κ1) is 26.0. The van der Waals surface area contributed by atoms with Crippen LogP contribution in [0.2, 0.25) is 0 Å². The SMILES string of the molecule is CC(C)(c1ccccc1)c1cccc(C(C)(C)c2ccccc2)c1-n1ccnc1-c1ccc2oc3ccccc3c2c1. The summed E-state index contributed by atoms with van der Waals surface area (Å²) in [6.45, 7) is 9.28. The zero-order chi connectivity index (χ0) is 28.9. The molecule has 0 spiro atoms. The van der Waals surface area contributed by atoms with Crippen molar-refractivity contribution in [1.29, 1.82) is 0 Å². The van der Waals surface area contributed by atoms with Gasteiger partial charge in [-0.3, -0.25) is 4.57 Å². The highest BCUT2D eigenvalue weighted by Crippen LogP contribution is 2.43. The van der Waals surface area contributed by atoms with Crippen LogP contribution in [0, 0.1) is 0 Å². The Balaban J connectivity index is 1.50. The number of imidazole rings is 1. The number of aromatic nitrogens is 2. The molecule has 0 fully saturated rings. The number of hydrogen-bond donors (Lipinski definition) is 0. The van der Waals surface area contributed by atoms with E-state index in [2.05, 4.69) is 148 Å². The Morgan fingerprint density at radius 2 is 1.14 bits per heavy atom. The van der Waals surface area contributed by atoms with Crippen molar-refractivity contribution < 1.29 is 4.42 Å². The second kappa shape index (κ2) is 9.88. The first-order valence-corrected chi connectivity index (χ1v) is 14.6. The van der Waals surface area contributed by atoms with E-state index in [1.165, 1.54) is 27.9 Å². The molecular weight excluding hydrogens is 512 g/mol. The molecule has 2 aromatic heterocycles. The molecular formula is C39H34N2O. The lowest BCUT2D eigenvalue weighted by atomic mass is 9.72. The summed E-state index contributed by atoms with van der Waals surface area (Å²) in [5, 5.41) is 2.21. The molecule has 0 aliphatic rings. The van der Waals surface area contributed by atoms with E-state index in [1.807, 2.05) is 18.3 Å². The molecule has 42 heavy (non-hydrogen) atoms. The van der Waals surface area contributed by atoms with Gasteiger partial charge < -0.3 is 4.42 Å². The molecule has 2 heterocycles. The van der Waals surface area contributed by atoms with E-state index in [-0.39, 0.29) is 10.8 Å². The Kier molecular flexibility index (Phi) is 6.13. The van der Waals surface area contributed by atoms with Gasteiger partial charge in [0.05, 0.1) is 5.69 Å². The molecule has 206 valence electrons. The van der Waals surface area contributed by atoms with Crippen LogP contribution < -0.4 is 0 Å². The van der Waals surface area contributed by atoms with Crippen LogP contribution >= 0.6 is 0 Å². The summed E-state index contributed by atoms with van der Waals surface area (Å²) in [7, 11) is 0. The summed E-state index contributed by atoms with van der Waals surface area (Å²) in [4.78, 5) is 4.96. The fourth-order valence-corrected chi connectivity index (χ4v) is 6.40. The minimum Gasteiger partial charge on any atom is -0.456 e. The van der Waals surface area contributed by atoms with Crippen LogP contribution in [-0.2, 0) is 10.8 Å². The second-order valence-electron chi connectivity index (χ2n) is 12.1. The van der Waals surface area contributed by atoms with Crippen molar-refractivity contribution in [2.75, 3.05) is 0 Å². The van der Waals surface area contributed by atoms with Gasteiger partial charge >= 0.3 is 0 Å². The molecule has 3 heteroatoms. The van der Waals surface area contributed by atoms with E-state index in [0.29, 0.717) is 0 Å². The van der Waals surface area contributed by atoms with Gasteiger partial charge in [0.2, 0.25) is 0 Å². The summed E-state index contributed by atoms with van der Waals surface area (Å²) in [5.41, 5.74) is 8.54. The molecule has 0 radical (unpaired) electrons. The molecule has 0 amide bonds. The maximum atomic E-state index is 6.14. The van der Waals surface area contributed by atoms with Crippen LogP contribution in [0.3, 0.4) is 0 Å². The van der Waals surface area contributed by atoms with E-state index >= 15 is 0 Å². The third-order valence-corrected chi connectivity index (χ3v) is 8.89. The van der Waals surface area contributed by atoms with Crippen molar-refractivity contribution in [2.24, 2.45) is 0 Å². The summed E-state index contributed by atoms with van der Waals surface area (Å²) >= 11 is 0. The molecule has 7 rings (SSSR count). The summed E-state index contributed by atoms with van der Waals surface area (Å²) in [6.07, 6.45) is 4.02. The minimum absolute atomic E-state index is 0.258. The monoisotopic (exact) mass is 546 g/mol. The average molecular weight is 547 g/mol. The van der Waals surface area contributed by atoms with Gasteiger partial charge in [-0.1, -0.05) is 125 Å².